The first kappa shape index (κ1) is 13.0. The van der Waals surface area contributed by atoms with Crippen molar-refractivity contribution in [3.05, 3.63) is 33.6 Å². The van der Waals surface area contributed by atoms with Crippen LogP contribution >= 0.6 is 15.9 Å². The highest BCUT2D eigenvalue weighted by Gasteiger charge is 2.21. The zero-order valence-corrected chi connectivity index (χ0v) is 9.39. The number of benzene rings is 1. The molecule has 0 spiro atoms. The van der Waals surface area contributed by atoms with Crippen molar-refractivity contribution < 1.29 is 23.1 Å². The van der Waals surface area contributed by atoms with Crippen LogP contribution < -0.4 is 5.73 Å². The quantitative estimate of drug-likeness (QED) is 0.661. The molecule has 0 saturated carbocycles. The number of aliphatic carboxylic acids is 1. The van der Waals surface area contributed by atoms with Crippen LogP contribution in [-0.2, 0) is 11.2 Å². The summed E-state index contributed by atoms with van der Waals surface area (Å²) < 4.78 is 38.7. The van der Waals surface area contributed by atoms with Crippen molar-refractivity contribution in [1.29, 1.82) is 0 Å². The number of carbonyl (C=O) groups is 1. The van der Waals surface area contributed by atoms with E-state index in [0.717, 1.165) is 6.07 Å². The van der Waals surface area contributed by atoms with Crippen molar-refractivity contribution in [3.63, 3.8) is 0 Å². The van der Waals surface area contributed by atoms with E-state index in [1.165, 1.54) is 0 Å². The minimum atomic E-state index is -1.65. The van der Waals surface area contributed by atoms with Gasteiger partial charge in [0.15, 0.2) is 17.5 Å². The van der Waals surface area contributed by atoms with Gasteiger partial charge in [-0.25, -0.2) is 13.2 Å². The molecule has 0 saturated heterocycles. The molecule has 0 bridgehead atoms. The second-order valence-electron chi connectivity index (χ2n) is 3.11. The van der Waals surface area contributed by atoms with Crippen LogP contribution in [0, 0.1) is 17.5 Å². The molecule has 3 N–H and O–H groups in total. The van der Waals surface area contributed by atoms with Crippen molar-refractivity contribution >= 4 is 21.9 Å². The SMILES string of the molecule is NC(Cc1cc(Br)c(F)c(F)c1F)C(=O)O. The number of hydrogen-bond acceptors (Lipinski definition) is 2. The normalized spacial score (nSPS) is 12.6. The van der Waals surface area contributed by atoms with Crippen LogP contribution in [0.2, 0.25) is 0 Å². The van der Waals surface area contributed by atoms with E-state index >= 15 is 0 Å². The smallest absolute Gasteiger partial charge is 0.320 e. The maximum Gasteiger partial charge on any atom is 0.320 e. The van der Waals surface area contributed by atoms with Gasteiger partial charge in [0.05, 0.1) is 4.47 Å². The average molecular weight is 298 g/mol. The standard InChI is InChI=1S/C9H7BrF3NO2/c10-4-1-3(2-5(14)9(15)16)6(11)8(13)7(4)12/h1,5H,2,14H2,(H,15,16). The summed E-state index contributed by atoms with van der Waals surface area (Å²) in [6.07, 6.45) is -0.420. The van der Waals surface area contributed by atoms with Crippen LogP contribution in [0.5, 0.6) is 0 Å². The van der Waals surface area contributed by atoms with Crippen molar-refractivity contribution in [2.24, 2.45) is 5.73 Å². The summed E-state index contributed by atoms with van der Waals surface area (Å²) in [5.74, 6) is -5.77. The zero-order valence-electron chi connectivity index (χ0n) is 7.81. The molecule has 0 aliphatic carbocycles. The fourth-order valence-corrected chi connectivity index (χ4v) is 1.55. The van der Waals surface area contributed by atoms with Gasteiger partial charge in [-0.15, -0.1) is 0 Å². The van der Waals surface area contributed by atoms with E-state index in [4.69, 9.17) is 10.8 Å². The largest absolute Gasteiger partial charge is 0.480 e. The molecular formula is C9H7BrF3NO2. The Morgan fingerprint density at radius 1 is 1.38 bits per heavy atom. The molecule has 7 heteroatoms. The highest BCUT2D eigenvalue weighted by Crippen LogP contribution is 2.24. The van der Waals surface area contributed by atoms with E-state index in [0.29, 0.717) is 0 Å². The molecule has 1 atom stereocenters. The maximum absolute atomic E-state index is 13.2. The Balaban J connectivity index is 3.11. The second-order valence-corrected chi connectivity index (χ2v) is 3.96. The first-order valence-corrected chi connectivity index (χ1v) is 4.94. The number of nitrogens with two attached hydrogens (primary N) is 1. The molecule has 0 aliphatic rings. The van der Waals surface area contributed by atoms with E-state index < -0.39 is 35.9 Å². The summed E-state index contributed by atoms with van der Waals surface area (Å²) in [4.78, 5) is 10.4. The minimum absolute atomic E-state index is 0.279. The number of hydrogen-bond donors (Lipinski definition) is 2. The molecule has 0 aliphatic heterocycles. The van der Waals surface area contributed by atoms with Gasteiger partial charge >= 0.3 is 5.97 Å². The first-order chi connectivity index (χ1) is 7.34. The Hall–Kier alpha value is -1.08. The summed E-state index contributed by atoms with van der Waals surface area (Å²) >= 11 is 2.69. The van der Waals surface area contributed by atoms with E-state index in [9.17, 15) is 18.0 Å². The van der Waals surface area contributed by atoms with E-state index in [1.807, 2.05) is 0 Å². The molecule has 0 amide bonds. The number of carboxylic acids is 1. The molecule has 1 rings (SSSR count). The predicted octanol–water partition coefficient (Wildman–Crippen LogP) is 1.82. The molecular weight excluding hydrogens is 291 g/mol. The monoisotopic (exact) mass is 297 g/mol. The third-order valence-corrected chi connectivity index (χ3v) is 2.51. The highest BCUT2D eigenvalue weighted by atomic mass is 79.9. The molecule has 16 heavy (non-hydrogen) atoms. The highest BCUT2D eigenvalue weighted by molar-refractivity contribution is 9.10. The van der Waals surface area contributed by atoms with Crippen molar-refractivity contribution in [2.45, 2.75) is 12.5 Å². The summed E-state index contributed by atoms with van der Waals surface area (Å²) in [6.45, 7) is 0. The molecule has 3 nitrogen and oxygen atoms in total. The number of carboxylic acid groups (broad SMARTS) is 1. The lowest BCUT2D eigenvalue weighted by Gasteiger charge is -2.09. The van der Waals surface area contributed by atoms with Crippen molar-refractivity contribution in [2.75, 3.05) is 0 Å². The zero-order chi connectivity index (χ0) is 12.5. The Kier molecular flexibility index (Phi) is 3.93. The number of halogens is 4. The van der Waals surface area contributed by atoms with Gasteiger partial charge in [0.1, 0.15) is 6.04 Å². The fourth-order valence-electron chi connectivity index (χ4n) is 1.09. The molecule has 0 radical (unpaired) electrons. The van der Waals surface area contributed by atoms with Crippen LogP contribution in [0.25, 0.3) is 0 Å². The van der Waals surface area contributed by atoms with Crippen molar-refractivity contribution in [3.8, 4) is 0 Å². The van der Waals surface area contributed by atoms with E-state index in [1.54, 1.807) is 0 Å². The number of rotatable bonds is 3. The molecule has 1 aromatic carbocycles. The summed E-state index contributed by atoms with van der Waals surface area (Å²) in [5, 5.41) is 8.50. The lowest BCUT2D eigenvalue weighted by Crippen LogP contribution is -2.32. The van der Waals surface area contributed by atoms with E-state index in [2.05, 4.69) is 15.9 Å². The fraction of sp³-hybridized carbons (Fsp3) is 0.222. The molecule has 0 fully saturated rings. The summed E-state index contributed by atoms with van der Waals surface area (Å²) in [7, 11) is 0. The van der Waals surface area contributed by atoms with Crippen LogP contribution in [0.15, 0.2) is 10.5 Å². The molecule has 0 heterocycles. The van der Waals surface area contributed by atoms with Gasteiger partial charge < -0.3 is 10.8 Å². The Morgan fingerprint density at radius 2 is 1.94 bits per heavy atom. The van der Waals surface area contributed by atoms with Gasteiger partial charge in [-0.05, 0) is 27.6 Å². The van der Waals surface area contributed by atoms with Gasteiger partial charge in [0.2, 0.25) is 0 Å². The molecule has 1 unspecified atom stereocenters. The van der Waals surface area contributed by atoms with Gasteiger partial charge in [-0.2, -0.15) is 0 Å². The summed E-state index contributed by atoms with van der Waals surface area (Å²) in [5.41, 5.74) is 4.87. The predicted molar refractivity (Wildman–Crippen MR) is 53.3 cm³/mol. The van der Waals surface area contributed by atoms with Crippen LogP contribution in [0.1, 0.15) is 5.56 Å². The lowest BCUT2D eigenvalue weighted by atomic mass is 10.1. The Morgan fingerprint density at radius 3 is 2.44 bits per heavy atom. The Labute approximate surface area is 97.2 Å². The van der Waals surface area contributed by atoms with Gasteiger partial charge in [0.25, 0.3) is 0 Å². The van der Waals surface area contributed by atoms with E-state index in [-0.39, 0.29) is 10.0 Å². The lowest BCUT2D eigenvalue weighted by molar-refractivity contribution is -0.138. The first-order valence-electron chi connectivity index (χ1n) is 4.14. The Bertz CT molecular complexity index is 439. The topological polar surface area (TPSA) is 63.3 Å². The van der Waals surface area contributed by atoms with Gasteiger partial charge in [0, 0.05) is 6.42 Å². The van der Waals surface area contributed by atoms with Gasteiger partial charge in [-0.3, -0.25) is 4.79 Å². The third kappa shape index (κ3) is 2.53. The molecule has 0 aromatic heterocycles. The van der Waals surface area contributed by atoms with Crippen molar-refractivity contribution in [1.82, 2.24) is 0 Å². The second kappa shape index (κ2) is 4.84. The van der Waals surface area contributed by atoms with Crippen LogP contribution in [0.3, 0.4) is 0 Å². The maximum atomic E-state index is 13.2. The molecule has 1 aromatic rings. The average Bonchev–Trinajstić information content (AvgIpc) is 2.22. The van der Waals surface area contributed by atoms with Crippen LogP contribution in [0.4, 0.5) is 13.2 Å². The minimum Gasteiger partial charge on any atom is -0.480 e. The third-order valence-electron chi connectivity index (χ3n) is 1.93. The van der Waals surface area contributed by atoms with Gasteiger partial charge in [-0.1, -0.05) is 0 Å². The van der Waals surface area contributed by atoms with Crippen LogP contribution in [-0.4, -0.2) is 17.1 Å². The molecule has 88 valence electrons. The summed E-state index contributed by atoms with van der Waals surface area (Å²) in [6, 6.07) is -0.400.